The molecule has 0 aromatic heterocycles. The van der Waals surface area contributed by atoms with Crippen LogP contribution in [-0.2, 0) is 15.0 Å². The van der Waals surface area contributed by atoms with Gasteiger partial charge in [-0.3, -0.25) is 9.59 Å². The lowest BCUT2D eigenvalue weighted by Crippen LogP contribution is -2.40. The van der Waals surface area contributed by atoms with Gasteiger partial charge in [0.25, 0.3) is 11.7 Å². The average molecular weight is 476 g/mol. The van der Waals surface area contributed by atoms with Gasteiger partial charge in [0.2, 0.25) is 0 Å². The van der Waals surface area contributed by atoms with Crippen LogP contribution in [0, 0.1) is 6.92 Å². The van der Waals surface area contributed by atoms with Gasteiger partial charge in [0.15, 0.2) is 0 Å². The number of rotatable bonds is 5. The molecule has 2 aromatic rings. The Labute approximate surface area is 208 Å². The van der Waals surface area contributed by atoms with Crippen LogP contribution < -0.4 is 4.74 Å². The summed E-state index contributed by atoms with van der Waals surface area (Å²) < 4.78 is 5.84. The van der Waals surface area contributed by atoms with E-state index in [2.05, 4.69) is 20.8 Å². The number of amides is 1. The van der Waals surface area contributed by atoms with Crippen LogP contribution in [0.1, 0.15) is 88.1 Å². The number of aliphatic hydroxyl groups is 1. The van der Waals surface area contributed by atoms with E-state index < -0.39 is 17.7 Å². The molecule has 0 radical (unpaired) electrons. The number of ketones is 1. The number of Topliss-reactive ketones (excluding diaryl/α,β-unsaturated/α-hetero) is 1. The fourth-order valence-electron chi connectivity index (χ4n) is 5.49. The largest absolute Gasteiger partial charge is 0.507 e. The van der Waals surface area contributed by atoms with Crippen molar-refractivity contribution in [3.63, 3.8) is 0 Å². The van der Waals surface area contributed by atoms with E-state index in [1.165, 1.54) is 0 Å². The summed E-state index contributed by atoms with van der Waals surface area (Å²) in [5, 5.41) is 11.6. The molecule has 2 aromatic carbocycles. The van der Waals surface area contributed by atoms with Crippen molar-refractivity contribution in [2.75, 3.05) is 6.61 Å². The Morgan fingerprint density at radius 1 is 1.06 bits per heavy atom. The molecule has 1 N–H and O–H groups in total. The Morgan fingerprint density at radius 2 is 1.74 bits per heavy atom. The van der Waals surface area contributed by atoms with Gasteiger partial charge in [-0.15, -0.1) is 0 Å². The molecule has 4 rings (SSSR count). The Bertz CT molecular complexity index is 1150. The van der Waals surface area contributed by atoms with Crippen molar-refractivity contribution in [1.29, 1.82) is 0 Å². The summed E-state index contributed by atoms with van der Waals surface area (Å²) in [4.78, 5) is 28.7. The molecule has 1 atom stereocenters. The lowest BCUT2D eigenvalue weighted by Gasteiger charge is -2.36. The predicted molar refractivity (Wildman–Crippen MR) is 139 cm³/mol. The molecule has 35 heavy (non-hydrogen) atoms. The summed E-state index contributed by atoms with van der Waals surface area (Å²) in [7, 11) is 0. The molecule has 1 aliphatic carbocycles. The Hall–Kier alpha value is -3.08. The van der Waals surface area contributed by atoms with Crippen LogP contribution >= 0.6 is 0 Å². The maximum absolute atomic E-state index is 13.5. The highest BCUT2D eigenvalue weighted by molar-refractivity contribution is 6.46. The molecule has 1 heterocycles. The topological polar surface area (TPSA) is 66.8 Å². The van der Waals surface area contributed by atoms with Gasteiger partial charge in [-0.25, -0.2) is 0 Å². The highest BCUT2D eigenvalue weighted by Crippen LogP contribution is 2.44. The number of hydrogen-bond donors (Lipinski definition) is 1. The van der Waals surface area contributed by atoms with Gasteiger partial charge in [-0.05, 0) is 61.4 Å². The second-order valence-corrected chi connectivity index (χ2v) is 10.7. The second-order valence-electron chi connectivity index (χ2n) is 10.7. The van der Waals surface area contributed by atoms with Gasteiger partial charge < -0.3 is 14.7 Å². The van der Waals surface area contributed by atoms with Crippen molar-refractivity contribution in [2.45, 2.75) is 84.2 Å². The van der Waals surface area contributed by atoms with Crippen molar-refractivity contribution in [2.24, 2.45) is 0 Å². The molecule has 1 saturated carbocycles. The molecule has 1 unspecified atom stereocenters. The number of hydrogen-bond acceptors (Lipinski definition) is 4. The summed E-state index contributed by atoms with van der Waals surface area (Å²) in [6.45, 7) is 10.7. The summed E-state index contributed by atoms with van der Waals surface area (Å²) in [5.41, 5.74) is 3.30. The highest BCUT2D eigenvalue weighted by Gasteiger charge is 2.49. The van der Waals surface area contributed by atoms with E-state index in [4.69, 9.17) is 4.74 Å². The lowest BCUT2D eigenvalue weighted by atomic mass is 9.84. The first-order valence-electron chi connectivity index (χ1n) is 12.8. The highest BCUT2D eigenvalue weighted by atomic mass is 16.5. The van der Waals surface area contributed by atoms with E-state index in [1.54, 1.807) is 11.0 Å². The minimum atomic E-state index is -0.604. The Morgan fingerprint density at radius 3 is 2.37 bits per heavy atom. The third-order valence-corrected chi connectivity index (χ3v) is 7.29. The molecule has 1 saturated heterocycles. The normalized spacial score (nSPS) is 20.9. The molecule has 5 heteroatoms. The van der Waals surface area contributed by atoms with E-state index in [0.717, 1.165) is 54.5 Å². The molecular formula is C30H37NO4. The minimum absolute atomic E-state index is 0.000530. The van der Waals surface area contributed by atoms with Crippen molar-refractivity contribution in [3.05, 3.63) is 70.3 Å². The van der Waals surface area contributed by atoms with Crippen LogP contribution in [0.4, 0.5) is 0 Å². The first-order chi connectivity index (χ1) is 16.6. The quantitative estimate of drug-likeness (QED) is 0.307. The number of likely N-dealkylation sites (tertiary alicyclic amines) is 1. The Balaban J connectivity index is 1.90. The zero-order valence-corrected chi connectivity index (χ0v) is 21.6. The van der Waals surface area contributed by atoms with Crippen LogP contribution in [0.3, 0.4) is 0 Å². The summed E-state index contributed by atoms with van der Waals surface area (Å²) in [5.74, 6) is -0.473. The zero-order valence-electron chi connectivity index (χ0n) is 21.6. The standard InChI is InChI=1S/C30H37NO4/c1-6-35-24-17-16-20(18-23(24)30(3,4)5)27(32)25-26(22-15-11-10-12-19(22)2)31(29(34)28(25)33)21-13-8-7-9-14-21/h10-12,15-18,21,26,32H,6-9,13-14H2,1-5H3/b27-25+. The van der Waals surface area contributed by atoms with Crippen LogP contribution in [0.15, 0.2) is 48.0 Å². The molecule has 0 spiro atoms. The number of carbonyl (C=O) groups is 2. The van der Waals surface area contributed by atoms with Gasteiger partial charge in [0, 0.05) is 17.2 Å². The fourth-order valence-corrected chi connectivity index (χ4v) is 5.49. The average Bonchev–Trinajstić information content (AvgIpc) is 3.09. The van der Waals surface area contributed by atoms with E-state index in [9.17, 15) is 14.7 Å². The second kappa shape index (κ2) is 9.88. The van der Waals surface area contributed by atoms with E-state index in [0.29, 0.717) is 12.2 Å². The molecule has 1 amide bonds. The van der Waals surface area contributed by atoms with Crippen molar-refractivity contribution >= 4 is 17.4 Å². The third-order valence-electron chi connectivity index (χ3n) is 7.29. The van der Waals surface area contributed by atoms with Crippen molar-refractivity contribution in [1.82, 2.24) is 4.90 Å². The van der Waals surface area contributed by atoms with Crippen LogP contribution in [0.25, 0.3) is 5.76 Å². The molecule has 186 valence electrons. The first-order valence-corrected chi connectivity index (χ1v) is 12.8. The maximum atomic E-state index is 13.5. The molecule has 0 bridgehead atoms. The van der Waals surface area contributed by atoms with Crippen molar-refractivity contribution in [3.8, 4) is 5.75 Å². The van der Waals surface area contributed by atoms with E-state index in [-0.39, 0.29) is 22.8 Å². The molecular weight excluding hydrogens is 438 g/mol. The Kier molecular flexibility index (Phi) is 7.07. The van der Waals surface area contributed by atoms with Gasteiger partial charge >= 0.3 is 0 Å². The first kappa shape index (κ1) is 25.0. The predicted octanol–water partition coefficient (Wildman–Crippen LogP) is 6.45. The zero-order chi connectivity index (χ0) is 25.3. The molecule has 2 fully saturated rings. The van der Waals surface area contributed by atoms with Crippen LogP contribution in [0.5, 0.6) is 5.75 Å². The third kappa shape index (κ3) is 4.73. The molecule has 2 aliphatic rings. The number of aryl methyl sites for hydroxylation is 1. The lowest BCUT2D eigenvalue weighted by molar-refractivity contribution is -0.141. The van der Waals surface area contributed by atoms with Gasteiger partial charge in [-0.1, -0.05) is 64.3 Å². The smallest absolute Gasteiger partial charge is 0.295 e. The summed E-state index contributed by atoms with van der Waals surface area (Å²) in [6, 6.07) is 12.8. The van der Waals surface area contributed by atoms with Gasteiger partial charge in [0.05, 0.1) is 18.2 Å². The van der Waals surface area contributed by atoms with Crippen molar-refractivity contribution < 1.29 is 19.4 Å². The maximum Gasteiger partial charge on any atom is 0.295 e. The number of benzene rings is 2. The van der Waals surface area contributed by atoms with Crippen LogP contribution in [0.2, 0.25) is 0 Å². The van der Waals surface area contributed by atoms with Gasteiger partial charge in [0.1, 0.15) is 11.5 Å². The van der Waals surface area contributed by atoms with E-state index >= 15 is 0 Å². The number of carbonyl (C=O) groups excluding carboxylic acids is 2. The number of ether oxygens (including phenoxy) is 1. The van der Waals surface area contributed by atoms with Crippen LogP contribution in [-0.4, -0.2) is 34.3 Å². The summed E-state index contributed by atoms with van der Waals surface area (Å²) in [6.07, 6.45) is 5.00. The summed E-state index contributed by atoms with van der Waals surface area (Å²) >= 11 is 0. The van der Waals surface area contributed by atoms with Gasteiger partial charge in [-0.2, -0.15) is 0 Å². The van der Waals surface area contributed by atoms with E-state index in [1.807, 2.05) is 50.2 Å². The number of nitrogens with zero attached hydrogens (tertiary/aromatic N) is 1. The molecule has 1 aliphatic heterocycles. The SMILES string of the molecule is CCOc1ccc(/C(O)=C2\C(=O)C(=O)N(C3CCCCC3)C2c2ccccc2C)cc1C(C)(C)C. The molecule has 5 nitrogen and oxygen atoms in total. The monoisotopic (exact) mass is 475 g/mol. The fraction of sp³-hybridized carbons (Fsp3) is 0.467. The number of aliphatic hydroxyl groups excluding tert-OH is 1. The minimum Gasteiger partial charge on any atom is -0.507 e.